The van der Waals surface area contributed by atoms with Crippen molar-refractivity contribution in [2.24, 2.45) is 0 Å². The van der Waals surface area contributed by atoms with Crippen molar-refractivity contribution >= 4 is 28.9 Å². The lowest BCUT2D eigenvalue weighted by Gasteiger charge is -2.11. The first-order valence-electron chi connectivity index (χ1n) is 5.67. The molecule has 1 heterocycles. The Kier molecular flexibility index (Phi) is 4.04. The van der Waals surface area contributed by atoms with Crippen molar-refractivity contribution < 1.29 is 18.0 Å². The molecule has 2 rings (SSSR count). The molecule has 0 bridgehead atoms. The van der Waals surface area contributed by atoms with E-state index in [9.17, 15) is 18.0 Å². The van der Waals surface area contributed by atoms with Crippen molar-refractivity contribution in [3.63, 3.8) is 0 Å². The van der Waals surface area contributed by atoms with Gasteiger partial charge in [0, 0.05) is 11.9 Å². The second-order valence-corrected chi connectivity index (χ2v) is 4.53. The Morgan fingerprint density at radius 3 is 2.57 bits per heavy atom. The van der Waals surface area contributed by atoms with Crippen LogP contribution in [0.5, 0.6) is 0 Å². The maximum atomic E-state index is 12.6. The lowest BCUT2D eigenvalue weighted by Crippen LogP contribution is -2.15. The van der Waals surface area contributed by atoms with Gasteiger partial charge >= 0.3 is 6.18 Å². The largest absolute Gasteiger partial charge is 0.416 e. The molecular formula is C13H9ClF3N3O. The van der Waals surface area contributed by atoms with E-state index >= 15 is 0 Å². The van der Waals surface area contributed by atoms with Crippen LogP contribution in [0.15, 0.2) is 36.5 Å². The number of carbonyl (C=O) groups excluding carboxylic acids is 1. The van der Waals surface area contributed by atoms with Gasteiger partial charge in [-0.15, -0.1) is 0 Å². The van der Waals surface area contributed by atoms with Gasteiger partial charge < -0.3 is 11.1 Å². The number of pyridine rings is 1. The average molecular weight is 316 g/mol. The van der Waals surface area contributed by atoms with Gasteiger partial charge in [0.25, 0.3) is 5.91 Å². The summed E-state index contributed by atoms with van der Waals surface area (Å²) in [4.78, 5) is 15.7. The number of nitrogens with two attached hydrogens (primary N) is 1. The molecule has 8 heteroatoms. The first-order chi connectivity index (χ1) is 9.77. The Labute approximate surface area is 122 Å². The zero-order valence-corrected chi connectivity index (χ0v) is 11.2. The van der Waals surface area contributed by atoms with Gasteiger partial charge in [-0.3, -0.25) is 9.78 Å². The standard InChI is InChI=1S/C13H9ClF3N3O/c14-9-2-1-7(13(15,16)17)5-10(9)20-12(21)11-6-8(18)3-4-19-11/h1-6H,(H2,18,19)(H,20,21). The third-order valence-corrected chi connectivity index (χ3v) is 2.89. The van der Waals surface area contributed by atoms with E-state index in [1.807, 2.05) is 0 Å². The molecule has 0 spiro atoms. The number of nitrogens with zero attached hydrogens (tertiary/aromatic N) is 1. The number of halogens is 4. The van der Waals surface area contributed by atoms with Gasteiger partial charge in [0.05, 0.1) is 16.3 Å². The fourth-order valence-electron chi connectivity index (χ4n) is 1.55. The van der Waals surface area contributed by atoms with E-state index in [-0.39, 0.29) is 16.4 Å². The summed E-state index contributed by atoms with van der Waals surface area (Å²) in [5.41, 5.74) is 4.73. The summed E-state index contributed by atoms with van der Waals surface area (Å²) in [7, 11) is 0. The quantitative estimate of drug-likeness (QED) is 0.890. The predicted octanol–water partition coefficient (Wildman–Crippen LogP) is 3.59. The summed E-state index contributed by atoms with van der Waals surface area (Å²) >= 11 is 5.78. The van der Waals surface area contributed by atoms with Gasteiger partial charge in [0.1, 0.15) is 5.69 Å². The monoisotopic (exact) mass is 315 g/mol. The van der Waals surface area contributed by atoms with E-state index < -0.39 is 17.6 Å². The number of hydrogen-bond donors (Lipinski definition) is 2. The van der Waals surface area contributed by atoms with Crippen LogP contribution < -0.4 is 11.1 Å². The molecule has 0 saturated carbocycles. The third-order valence-electron chi connectivity index (χ3n) is 2.56. The first kappa shape index (κ1) is 15.1. The Hall–Kier alpha value is -2.28. The fraction of sp³-hybridized carbons (Fsp3) is 0.0769. The number of alkyl halides is 3. The number of nitrogen functional groups attached to an aromatic ring is 1. The molecule has 0 aliphatic rings. The molecule has 0 radical (unpaired) electrons. The van der Waals surface area contributed by atoms with Crippen LogP contribution in [0.3, 0.4) is 0 Å². The SMILES string of the molecule is Nc1ccnc(C(=O)Nc2cc(C(F)(F)F)ccc2Cl)c1. The summed E-state index contributed by atoms with van der Waals surface area (Å²) in [6.45, 7) is 0. The minimum absolute atomic E-state index is 0.0137. The molecule has 0 saturated heterocycles. The lowest BCUT2D eigenvalue weighted by molar-refractivity contribution is -0.137. The summed E-state index contributed by atoms with van der Waals surface area (Å²) in [6.07, 6.45) is -3.21. The lowest BCUT2D eigenvalue weighted by atomic mass is 10.2. The average Bonchev–Trinajstić information content (AvgIpc) is 2.40. The zero-order valence-electron chi connectivity index (χ0n) is 10.4. The maximum absolute atomic E-state index is 12.6. The third kappa shape index (κ3) is 3.63. The van der Waals surface area contributed by atoms with E-state index in [0.717, 1.165) is 18.2 Å². The molecule has 0 atom stereocenters. The molecule has 110 valence electrons. The number of nitrogens with one attached hydrogen (secondary N) is 1. The number of amides is 1. The number of benzene rings is 1. The Bertz CT molecular complexity index is 689. The topological polar surface area (TPSA) is 68.0 Å². The molecular weight excluding hydrogens is 307 g/mol. The van der Waals surface area contributed by atoms with Gasteiger partial charge in [-0.25, -0.2) is 0 Å². The van der Waals surface area contributed by atoms with E-state index in [1.165, 1.54) is 18.3 Å². The molecule has 2 aromatic rings. The molecule has 0 fully saturated rings. The van der Waals surface area contributed by atoms with Gasteiger partial charge in [-0.05, 0) is 30.3 Å². The van der Waals surface area contributed by atoms with Crippen molar-refractivity contribution in [3.8, 4) is 0 Å². The summed E-state index contributed by atoms with van der Waals surface area (Å²) in [6, 6.07) is 5.43. The van der Waals surface area contributed by atoms with Crippen molar-refractivity contribution in [1.82, 2.24) is 4.98 Å². The fourth-order valence-corrected chi connectivity index (χ4v) is 1.72. The highest BCUT2D eigenvalue weighted by molar-refractivity contribution is 6.33. The minimum Gasteiger partial charge on any atom is -0.399 e. The van der Waals surface area contributed by atoms with Crippen LogP contribution >= 0.6 is 11.6 Å². The smallest absolute Gasteiger partial charge is 0.399 e. The summed E-state index contributed by atoms with van der Waals surface area (Å²) in [5, 5.41) is 2.26. The second-order valence-electron chi connectivity index (χ2n) is 4.12. The molecule has 0 unspecified atom stereocenters. The van der Waals surface area contributed by atoms with Crippen LogP contribution in [0.4, 0.5) is 24.5 Å². The van der Waals surface area contributed by atoms with Crippen LogP contribution in [0.2, 0.25) is 5.02 Å². The minimum atomic E-state index is -4.53. The van der Waals surface area contributed by atoms with E-state index in [0.29, 0.717) is 5.69 Å². The maximum Gasteiger partial charge on any atom is 0.416 e. The normalized spacial score (nSPS) is 11.2. The van der Waals surface area contributed by atoms with Crippen LogP contribution in [0.25, 0.3) is 0 Å². The van der Waals surface area contributed by atoms with Crippen molar-refractivity contribution in [2.75, 3.05) is 11.1 Å². The second kappa shape index (κ2) is 5.61. The Morgan fingerprint density at radius 2 is 1.95 bits per heavy atom. The Morgan fingerprint density at radius 1 is 1.24 bits per heavy atom. The van der Waals surface area contributed by atoms with Crippen LogP contribution in [-0.2, 0) is 6.18 Å². The molecule has 0 aliphatic heterocycles. The number of aromatic nitrogens is 1. The summed E-state index contributed by atoms with van der Waals surface area (Å²) in [5.74, 6) is -0.705. The number of anilines is 2. The molecule has 1 aromatic carbocycles. The molecule has 1 aromatic heterocycles. The van der Waals surface area contributed by atoms with E-state index in [2.05, 4.69) is 10.3 Å². The molecule has 21 heavy (non-hydrogen) atoms. The van der Waals surface area contributed by atoms with Gasteiger partial charge in [0.15, 0.2) is 0 Å². The Balaban J connectivity index is 2.29. The van der Waals surface area contributed by atoms with Crippen molar-refractivity contribution in [1.29, 1.82) is 0 Å². The molecule has 4 nitrogen and oxygen atoms in total. The number of rotatable bonds is 2. The van der Waals surface area contributed by atoms with Crippen LogP contribution in [-0.4, -0.2) is 10.9 Å². The molecule has 1 amide bonds. The highest BCUT2D eigenvalue weighted by Gasteiger charge is 2.31. The van der Waals surface area contributed by atoms with Gasteiger partial charge in [0.2, 0.25) is 0 Å². The number of carbonyl (C=O) groups is 1. The van der Waals surface area contributed by atoms with Gasteiger partial charge in [-0.1, -0.05) is 11.6 Å². The highest BCUT2D eigenvalue weighted by Crippen LogP contribution is 2.33. The van der Waals surface area contributed by atoms with Crippen molar-refractivity contribution in [2.45, 2.75) is 6.18 Å². The molecule has 0 aliphatic carbocycles. The number of hydrogen-bond acceptors (Lipinski definition) is 3. The van der Waals surface area contributed by atoms with E-state index in [4.69, 9.17) is 17.3 Å². The van der Waals surface area contributed by atoms with Gasteiger partial charge in [-0.2, -0.15) is 13.2 Å². The first-order valence-corrected chi connectivity index (χ1v) is 6.05. The zero-order chi connectivity index (χ0) is 15.6. The predicted molar refractivity (Wildman–Crippen MR) is 73.1 cm³/mol. The highest BCUT2D eigenvalue weighted by atomic mass is 35.5. The van der Waals surface area contributed by atoms with Crippen molar-refractivity contribution in [3.05, 3.63) is 52.8 Å². The summed E-state index contributed by atoms with van der Waals surface area (Å²) < 4.78 is 37.9. The van der Waals surface area contributed by atoms with E-state index in [1.54, 1.807) is 0 Å². The molecule has 3 N–H and O–H groups in total. The van der Waals surface area contributed by atoms with Crippen LogP contribution in [0.1, 0.15) is 16.1 Å². The van der Waals surface area contributed by atoms with Crippen LogP contribution in [0, 0.1) is 0 Å².